The molecule has 1 saturated heterocycles. The summed E-state index contributed by atoms with van der Waals surface area (Å²) in [6.45, 7) is 1.28. The summed E-state index contributed by atoms with van der Waals surface area (Å²) in [6.07, 6.45) is 3.51. The first kappa shape index (κ1) is 19.7. The Hall–Kier alpha value is -3.26. The summed E-state index contributed by atoms with van der Waals surface area (Å²) in [7, 11) is 0. The molecular weight excluding hydrogens is 399 g/mol. The minimum Gasteiger partial charge on any atom is -0.488 e. The molecule has 1 amide bonds. The van der Waals surface area contributed by atoms with E-state index < -0.39 is 6.10 Å². The van der Waals surface area contributed by atoms with Crippen molar-refractivity contribution in [2.45, 2.75) is 25.0 Å². The smallest absolute Gasteiger partial charge is 0.253 e. The number of hydrogen-bond donors (Lipinski definition) is 1. The second-order valence-corrected chi connectivity index (χ2v) is 8.30. The van der Waals surface area contributed by atoms with Crippen LogP contribution in [0.15, 0.2) is 61.2 Å². The summed E-state index contributed by atoms with van der Waals surface area (Å²) in [5.41, 5.74) is 1.52. The highest BCUT2D eigenvalue weighted by atomic mass is 19.1. The van der Waals surface area contributed by atoms with Crippen LogP contribution in [0, 0.1) is 17.7 Å². The molecule has 0 spiro atoms. The lowest BCUT2D eigenvalue weighted by Gasteiger charge is -2.35. The number of fused-ring (bicyclic) bond motifs is 1. The Morgan fingerprint density at radius 3 is 2.29 bits per heavy atom. The van der Waals surface area contributed by atoms with Gasteiger partial charge >= 0.3 is 0 Å². The van der Waals surface area contributed by atoms with Crippen molar-refractivity contribution in [1.82, 2.24) is 19.7 Å². The largest absolute Gasteiger partial charge is 0.488 e. The fourth-order valence-electron chi connectivity index (χ4n) is 4.66. The summed E-state index contributed by atoms with van der Waals surface area (Å²) < 4.78 is 20.8. The van der Waals surface area contributed by atoms with Gasteiger partial charge < -0.3 is 14.7 Å². The molecule has 2 fully saturated rings. The predicted octanol–water partition coefficient (Wildman–Crippen LogP) is 2.70. The number of carbonyl (C=O) groups is 1. The quantitative estimate of drug-likeness (QED) is 0.699. The van der Waals surface area contributed by atoms with Gasteiger partial charge in [-0.3, -0.25) is 9.36 Å². The van der Waals surface area contributed by atoms with Crippen molar-refractivity contribution >= 4 is 5.91 Å². The first-order valence-corrected chi connectivity index (χ1v) is 10.4. The number of nitrogens with zero attached hydrogens (tertiary/aromatic N) is 4. The molecule has 1 aromatic heterocycles. The molecule has 31 heavy (non-hydrogen) atoms. The van der Waals surface area contributed by atoms with E-state index in [4.69, 9.17) is 4.74 Å². The maximum absolute atomic E-state index is 13.1. The van der Waals surface area contributed by atoms with Gasteiger partial charge in [-0.15, -0.1) is 10.2 Å². The summed E-state index contributed by atoms with van der Waals surface area (Å²) in [4.78, 5) is 14.9. The van der Waals surface area contributed by atoms with Gasteiger partial charge in [-0.05, 0) is 73.2 Å². The number of likely N-dealkylation sites (tertiary alicyclic amines) is 1. The van der Waals surface area contributed by atoms with E-state index in [9.17, 15) is 14.3 Å². The molecule has 160 valence electrons. The number of amides is 1. The van der Waals surface area contributed by atoms with Gasteiger partial charge in [0, 0.05) is 24.3 Å². The van der Waals surface area contributed by atoms with Crippen LogP contribution in [-0.2, 0) is 0 Å². The van der Waals surface area contributed by atoms with E-state index in [-0.39, 0.29) is 29.7 Å². The Bertz CT molecular complexity index is 1040. The van der Waals surface area contributed by atoms with Gasteiger partial charge in [0.05, 0.1) is 6.10 Å². The number of carbonyl (C=O) groups excluding carboxylic acids is 1. The minimum absolute atomic E-state index is 0.00445. The van der Waals surface area contributed by atoms with E-state index in [0.29, 0.717) is 37.2 Å². The summed E-state index contributed by atoms with van der Waals surface area (Å²) in [5, 5.41) is 18.2. The topological polar surface area (TPSA) is 80.5 Å². The molecule has 4 atom stereocenters. The summed E-state index contributed by atoms with van der Waals surface area (Å²) in [5.74, 6) is 0.742. The number of benzene rings is 2. The predicted molar refractivity (Wildman–Crippen MR) is 110 cm³/mol. The van der Waals surface area contributed by atoms with Crippen LogP contribution in [0.1, 0.15) is 23.2 Å². The van der Waals surface area contributed by atoms with Crippen LogP contribution < -0.4 is 4.74 Å². The van der Waals surface area contributed by atoms with Crippen molar-refractivity contribution in [2.75, 3.05) is 13.1 Å². The van der Waals surface area contributed by atoms with Crippen LogP contribution in [0.2, 0.25) is 0 Å². The number of rotatable bonds is 4. The zero-order valence-electron chi connectivity index (χ0n) is 16.8. The van der Waals surface area contributed by atoms with Crippen molar-refractivity contribution in [3.05, 3.63) is 72.6 Å². The fourth-order valence-corrected chi connectivity index (χ4v) is 4.66. The SMILES string of the molecule is O=C(c1ccc(-n2cnnc2)cc1)N1C[C@H]2C[C@@H](Oc3ccc(F)cc3)[C@H](O)C[C@H]2C1. The molecule has 2 heterocycles. The maximum atomic E-state index is 13.1. The highest BCUT2D eigenvalue weighted by Crippen LogP contribution is 2.38. The second-order valence-electron chi connectivity index (χ2n) is 8.30. The van der Waals surface area contributed by atoms with Gasteiger partial charge in [-0.1, -0.05) is 0 Å². The van der Waals surface area contributed by atoms with Crippen molar-refractivity contribution in [3.8, 4) is 11.4 Å². The monoisotopic (exact) mass is 422 g/mol. The third-order valence-electron chi connectivity index (χ3n) is 6.30. The first-order chi connectivity index (χ1) is 15.1. The van der Waals surface area contributed by atoms with E-state index in [2.05, 4.69) is 10.2 Å². The molecule has 5 rings (SSSR count). The summed E-state index contributed by atoms with van der Waals surface area (Å²) in [6, 6.07) is 13.2. The highest BCUT2D eigenvalue weighted by Gasteiger charge is 2.44. The molecule has 1 aliphatic carbocycles. The molecule has 2 aromatic carbocycles. The van der Waals surface area contributed by atoms with E-state index in [1.165, 1.54) is 12.1 Å². The molecule has 7 nitrogen and oxygen atoms in total. The first-order valence-electron chi connectivity index (χ1n) is 10.4. The number of ether oxygens (including phenoxy) is 1. The molecule has 0 radical (unpaired) electrons. The zero-order valence-corrected chi connectivity index (χ0v) is 16.8. The third kappa shape index (κ3) is 4.03. The molecule has 2 aliphatic rings. The van der Waals surface area contributed by atoms with Crippen molar-refractivity contribution < 1.29 is 19.0 Å². The van der Waals surface area contributed by atoms with Crippen LogP contribution in [0.25, 0.3) is 5.69 Å². The van der Waals surface area contributed by atoms with Crippen LogP contribution in [0.4, 0.5) is 4.39 Å². The lowest BCUT2D eigenvalue weighted by atomic mass is 9.78. The van der Waals surface area contributed by atoms with Crippen molar-refractivity contribution in [3.63, 3.8) is 0 Å². The number of aromatic nitrogens is 3. The Morgan fingerprint density at radius 2 is 1.61 bits per heavy atom. The van der Waals surface area contributed by atoms with Gasteiger partial charge in [0.25, 0.3) is 5.91 Å². The standard InChI is InChI=1S/C23H23FN4O3/c24-18-3-7-20(8-4-18)31-22-10-17-12-27(11-16(17)9-21(22)29)23(30)15-1-5-19(6-2-15)28-13-25-26-14-28/h1-8,13-14,16-17,21-22,29H,9-12H2/t16-,17+,21+,22+/m0/s1. The maximum Gasteiger partial charge on any atom is 0.253 e. The molecule has 1 aliphatic heterocycles. The second kappa shape index (κ2) is 8.11. The molecular formula is C23H23FN4O3. The fraction of sp³-hybridized carbons (Fsp3) is 0.348. The van der Waals surface area contributed by atoms with E-state index in [1.807, 2.05) is 29.2 Å². The summed E-state index contributed by atoms with van der Waals surface area (Å²) >= 11 is 0. The molecule has 1 saturated carbocycles. The van der Waals surface area contributed by atoms with E-state index in [1.54, 1.807) is 29.4 Å². The van der Waals surface area contributed by atoms with Crippen LogP contribution in [0.5, 0.6) is 5.75 Å². The Labute approximate surface area is 179 Å². The lowest BCUT2D eigenvalue weighted by Crippen LogP contribution is -2.42. The normalized spacial score (nSPS) is 25.3. The zero-order chi connectivity index (χ0) is 21.4. The Balaban J connectivity index is 1.23. The molecule has 1 N–H and O–H groups in total. The van der Waals surface area contributed by atoms with E-state index in [0.717, 1.165) is 5.69 Å². The molecule has 3 aromatic rings. The van der Waals surface area contributed by atoms with Crippen LogP contribution in [0.3, 0.4) is 0 Å². The number of aliphatic hydroxyl groups excluding tert-OH is 1. The van der Waals surface area contributed by atoms with E-state index >= 15 is 0 Å². The highest BCUT2D eigenvalue weighted by molar-refractivity contribution is 5.94. The number of halogens is 1. The van der Waals surface area contributed by atoms with Crippen molar-refractivity contribution in [2.24, 2.45) is 11.8 Å². The molecule has 0 unspecified atom stereocenters. The lowest BCUT2D eigenvalue weighted by molar-refractivity contribution is -0.0231. The van der Waals surface area contributed by atoms with Gasteiger partial charge in [0.1, 0.15) is 30.3 Å². The van der Waals surface area contributed by atoms with Gasteiger partial charge in [0.2, 0.25) is 0 Å². The average Bonchev–Trinajstić information content (AvgIpc) is 3.45. The molecule has 8 heteroatoms. The Morgan fingerprint density at radius 1 is 0.968 bits per heavy atom. The van der Waals surface area contributed by atoms with Crippen molar-refractivity contribution in [1.29, 1.82) is 0 Å². The number of hydrogen-bond acceptors (Lipinski definition) is 5. The van der Waals surface area contributed by atoms with Crippen LogP contribution in [-0.4, -0.2) is 56.0 Å². The van der Waals surface area contributed by atoms with Crippen LogP contribution >= 0.6 is 0 Å². The van der Waals surface area contributed by atoms with Gasteiger partial charge in [-0.25, -0.2) is 4.39 Å². The number of aliphatic hydroxyl groups is 1. The van der Waals surface area contributed by atoms with Gasteiger partial charge in [0.15, 0.2) is 0 Å². The van der Waals surface area contributed by atoms with Gasteiger partial charge in [-0.2, -0.15) is 0 Å². The third-order valence-corrected chi connectivity index (χ3v) is 6.30. The minimum atomic E-state index is -0.607. The molecule has 0 bridgehead atoms. The Kier molecular flexibility index (Phi) is 5.15. The average molecular weight is 422 g/mol.